The molecule has 0 N–H and O–H groups in total. The van der Waals surface area contributed by atoms with E-state index in [2.05, 4.69) is 4.98 Å². The van der Waals surface area contributed by atoms with Crippen molar-refractivity contribution in [1.82, 2.24) is 4.98 Å². The average molecular weight is 288 g/mol. The fourth-order valence-corrected chi connectivity index (χ4v) is 1.96. The van der Waals surface area contributed by atoms with Gasteiger partial charge in [0, 0.05) is 18.0 Å². The molecule has 0 aliphatic rings. The number of hydrogen-bond donors (Lipinski definition) is 0. The monoisotopic (exact) mass is 287 g/mol. The zero-order chi connectivity index (χ0) is 14.1. The minimum Gasteiger partial charge on any atom is -0.441 e. The van der Waals surface area contributed by atoms with E-state index < -0.39 is 5.97 Å². The lowest BCUT2D eigenvalue weighted by Gasteiger charge is -2.03. The van der Waals surface area contributed by atoms with Crippen molar-refractivity contribution in [2.75, 3.05) is 0 Å². The van der Waals surface area contributed by atoms with Gasteiger partial charge in [0.1, 0.15) is 11.3 Å². The molecule has 1 aromatic heterocycles. The molecule has 5 heteroatoms. The van der Waals surface area contributed by atoms with E-state index in [0.29, 0.717) is 33.3 Å². The third-order valence-corrected chi connectivity index (χ3v) is 3.01. The van der Waals surface area contributed by atoms with E-state index in [1.165, 1.54) is 0 Å². The Bertz CT molecular complexity index is 777. The van der Waals surface area contributed by atoms with Crippen LogP contribution in [0.4, 0.5) is 0 Å². The first-order chi connectivity index (χ1) is 9.61. The molecule has 0 aliphatic heterocycles. The van der Waals surface area contributed by atoms with E-state index in [-0.39, 0.29) is 0 Å². The van der Waals surface area contributed by atoms with Crippen LogP contribution in [-0.2, 0) is 0 Å². The normalized spacial score (nSPS) is 10.7. The number of aromatic nitrogens is 1. The number of oxazole rings is 1. The van der Waals surface area contributed by atoms with E-state index in [1.54, 1.807) is 49.4 Å². The van der Waals surface area contributed by atoms with E-state index in [1.807, 2.05) is 0 Å². The first-order valence-electron chi connectivity index (χ1n) is 5.97. The Morgan fingerprint density at radius 2 is 1.95 bits per heavy atom. The molecule has 0 amide bonds. The number of aryl methyl sites for hydroxylation is 1. The fourth-order valence-electron chi connectivity index (χ4n) is 1.84. The zero-order valence-electron chi connectivity index (χ0n) is 10.6. The van der Waals surface area contributed by atoms with E-state index >= 15 is 0 Å². The molecule has 0 radical (unpaired) electrons. The lowest BCUT2D eigenvalue weighted by atomic mass is 10.2. The molecule has 100 valence electrons. The van der Waals surface area contributed by atoms with Crippen LogP contribution >= 0.6 is 11.6 Å². The van der Waals surface area contributed by atoms with E-state index in [0.717, 1.165) is 0 Å². The Kier molecular flexibility index (Phi) is 3.16. The lowest BCUT2D eigenvalue weighted by molar-refractivity contribution is 0.0735. The Balaban J connectivity index is 1.84. The highest BCUT2D eigenvalue weighted by molar-refractivity contribution is 6.30. The standard InChI is InChI=1S/C15H10ClNO3/c1-9-17-13-8-12(6-7-14(13)19-9)20-15(18)10-2-4-11(16)5-3-10/h2-8H,1H3. The molecule has 0 saturated heterocycles. The molecule has 4 nitrogen and oxygen atoms in total. The smallest absolute Gasteiger partial charge is 0.343 e. The highest BCUT2D eigenvalue weighted by atomic mass is 35.5. The quantitative estimate of drug-likeness (QED) is 0.528. The SMILES string of the molecule is Cc1nc2cc(OC(=O)c3ccc(Cl)cc3)ccc2o1. The second-order valence-corrected chi connectivity index (χ2v) is 4.70. The molecule has 0 fully saturated rings. The summed E-state index contributed by atoms with van der Waals surface area (Å²) >= 11 is 5.77. The zero-order valence-corrected chi connectivity index (χ0v) is 11.3. The number of fused-ring (bicyclic) bond motifs is 1. The van der Waals surface area contributed by atoms with Gasteiger partial charge in [-0.2, -0.15) is 0 Å². The van der Waals surface area contributed by atoms with Gasteiger partial charge in [0.2, 0.25) is 0 Å². The van der Waals surface area contributed by atoms with Gasteiger partial charge in [0.15, 0.2) is 11.5 Å². The van der Waals surface area contributed by atoms with Gasteiger partial charge >= 0.3 is 5.97 Å². The van der Waals surface area contributed by atoms with Crippen molar-refractivity contribution in [2.24, 2.45) is 0 Å². The Morgan fingerprint density at radius 1 is 1.20 bits per heavy atom. The summed E-state index contributed by atoms with van der Waals surface area (Å²) in [5.41, 5.74) is 1.75. The molecule has 20 heavy (non-hydrogen) atoms. The summed E-state index contributed by atoms with van der Waals surface area (Å²) in [5.74, 6) is 0.549. The molecule has 0 spiro atoms. The molecule has 1 heterocycles. The summed E-state index contributed by atoms with van der Waals surface area (Å²) in [4.78, 5) is 16.1. The predicted molar refractivity (Wildman–Crippen MR) is 75.2 cm³/mol. The minimum absolute atomic E-state index is 0.422. The average Bonchev–Trinajstić information content (AvgIpc) is 2.78. The Hall–Kier alpha value is -2.33. The van der Waals surface area contributed by atoms with Crippen molar-refractivity contribution in [2.45, 2.75) is 6.92 Å². The van der Waals surface area contributed by atoms with Crippen molar-refractivity contribution in [3.63, 3.8) is 0 Å². The topological polar surface area (TPSA) is 52.3 Å². The number of benzene rings is 2. The number of esters is 1. The third-order valence-electron chi connectivity index (χ3n) is 2.76. The number of carbonyl (C=O) groups excluding carboxylic acids is 1. The van der Waals surface area contributed by atoms with Gasteiger partial charge in [-0.15, -0.1) is 0 Å². The maximum atomic E-state index is 12.0. The first kappa shape index (κ1) is 12.7. The molecule has 0 aliphatic carbocycles. The van der Waals surface area contributed by atoms with Crippen LogP contribution in [0.3, 0.4) is 0 Å². The first-order valence-corrected chi connectivity index (χ1v) is 6.34. The number of rotatable bonds is 2. The summed E-state index contributed by atoms with van der Waals surface area (Å²) < 4.78 is 10.7. The largest absolute Gasteiger partial charge is 0.441 e. The maximum Gasteiger partial charge on any atom is 0.343 e. The minimum atomic E-state index is -0.443. The third kappa shape index (κ3) is 2.51. The van der Waals surface area contributed by atoms with Crippen molar-refractivity contribution in [3.8, 4) is 5.75 Å². The summed E-state index contributed by atoms with van der Waals surface area (Å²) in [5, 5.41) is 0.570. The van der Waals surface area contributed by atoms with Crippen LogP contribution in [0.25, 0.3) is 11.1 Å². The lowest BCUT2D eigenvalue weighted by Crippen LogP contribution is -2.08. The van der Waals surface area contributed by atoms with Crippen LogP contribution in [0.15, 0.2) is 46.9 Å². The van der Waals surface area contributed by atoms with Crippen molar-refractivity contribution < 1.29 is 13.9 Å². The summed E-state index contributed by atoms with van der Waals surface area (Å²) in [7, 11) is 0. The fraction of sp³-hybridized carbons (Fsp3) is 0.0667. The van der Waals surface area contributed by atoms with Crippen LogP contribution in [0.5, 0.6) is 5.75 Å². The van der Waals surface area contributed by atoms with Crippen LogP contribution in [0.1, 0.15) is 16.2 Å². The van der Waals surface area contributed by atoms with Crippen molar-refractivity contribution in [1.29, 1.82) is 0 Å². The predicted octanol–water partition coefficient (Wildman–Crippen LogP) is 4.01. The molecule has 3 aromatic rings. The number of hydrogen-bond acceptors (Lipinski definition) is 4. The molecular weight excluding hydrogens is 278 g/mol. The van der Waals surface area contributed by atoms with Crippen molar-refractivity contribution in [3.05, 3.63) is 58.9 Å². The van der Waals surface area contributed by atoms with Gasteiger partial charge in [0.25, 0.3) is 0 Å². The molecule has 0 bridgehead atoms. The summed E-state index contributed by atoms with van der Waals surface area (Å²) in [6.45, 7) is 1.76. The second-order valence-electron chi connectivity index (χ2n) is 4.26. The summed E-state index contributed by atoms with van der Waals surface area (Å²) in [6.07, 6.45) is 0. The van der Waals surface area contributed by atoms with E-state index in [4.69, 9.17) is 20.8 Å². The van der Waals surface area contributed by atoms with Crippen LogP contribution in [0, 0.1) is 6.92 Å². The number of carbonyl (C=O) groups is 1. The maximum absolute atomic E-state index is 12.0. The van der Waals surface area contributed by atoms with Crippen LogP contribution in [0.2, 0.25) is 5.02 Å². The van der Waals surface area contributed by atoms with Gasteiger partial charge in [-0.25, -0.2) is 9.78 Å². The van der Waals surface area contributed by atoms with E-state index in [9.17, 15) is 4.79 Å². The highest BCUT2D eigenvalue weighted by Gasteiger charge is 2.10. The molecular formula is C15H10ClNO3. The molecule has 2 aromatic carbocycles. The molecule has 3 rings (SSSR count). The number of nitrogens with zero attached hydrogens (tertiary/aromatic N) is 1. The molecule has 0 unspecified atom stereocenters. The van der Waals surface area contributed by atoms with Crippen molar-refractivity contribution >= 4 is 28.7 Å². The van der Waals surface area contributed by atoms with Crippen LogP contribution < -0.4 is 4.74 Å². The molecule has 0 saturated carbocycles. The van der Waals surface area contributed by atoms with Crippen LogP contribution in [-0.4, -0.2) is 11.0 Å². The summed E-state index contributed by atoms with van der Waals surface area (Å²) in [6, 6.07) is 11.6. The van der Waals surface area contributed by atoms with Gasteiger partial charge < -0.3 is 9.15 Å². The number of halogens is 1. The Morgan fingerprint density at radius 3 is 2.70 bits per heavy atom. The number of ether oxygens (including phenoxy) is 1. The highest BCUT2D eigenvalue weighted by Crippen LogP contribution is 2.22. The van der Waals surface area contributed by atoms with Gasteiger partial charge in [-0.05, 0) is 36.4 Å². The van der Waals surface area contributed by atoms with Gasteiger partial charge in [-0.3, -0.25) is 0 Å². The Labute approximate surface area is 119 Å². The van der Waals surface area contributed by atoms with Gasteiger partial charge in [-0.1, -0.05) is 11.6 Å². The van der Waals surface area contributed by atoms with Gasteiger partial charge in [0.05, 0.1) is 5.56 Å². The molecule has 0 atom stereocenters. The second kappa shape index (κ2) is 4.98.